The van der Waals surface area contributed by atoms with Crippen molar-refractivity contribution in [3.63, 3.8) is 0 Å². The Morgan fingerprint density at radius 3 is 1.82 bits per heavy atom. The van der Waals surface area contributed by atoms with Gasteiger partial charge in [0, 0.05) is 6.42 Å². The van der Waals surface area contributed by atoms with Crippen molar-refractivity contribution in [3.8, 4) is 0 Å². The van der Waals surface area contributed by atoms with Crippen molar-refractivity contribution in [1.82, 2.24) is 0 Å². The summed E-state index contributed by atoms with van der Waals surface area (Å²) in [7, 11) is 0. The summed E-state index contributed by atoms with van der Waals surface area (Å²) in [5.74, 6) is 0.928. The standard InChI is InChI=1S/C15H30O2/c1-11(2)9-12(14(3,4)5)10-13(16)17-15(6,7)8/h11-12H,9-10H2,1-8H3. The summed E-state index contributed by atoms with van der Waals surface area (Å²) in [6.07, 6.45) is 1.60. The van der Waals surface area contributed by atoms with E-state index in [1.807, 2.05) is 20.8 Å². The average molecular weight is 242 g/mol. The summed E-state index contributed by atoms with van der Waals surface area (Å²) in [5.41, 5.74) is -0.224. The van der Waals surface area contributed by atoms with Crippen LogP contribution in [0.2, 0.25) is 0 Å². The van der Waals surface area contributed by atoms with E-state index in [-0.39, 0.29) is 17.0 Å². The Hall–Kier alpha value is -0.530. The van der Waals surface area contributed by atoms with Crippen molar-refractivity contribution < 1.29 is 9.53 Å². The first-order valence-electron chi connectivity index (χ1n) is 6.63. The van der Waals surface area contributed by atoms with Crippen LogP contribution in [0.15, 0.2) is 0 Å². The maximum absolute atomic E-state index is 11.9. The van der Waals surface area contributed by atoms with Gasteiger partial charge >= 0.3 is 5.97 Å². The van der Waals surface area contributed by atoms with Crippen LogP contribution in [-0.4, -0.2) is 11.6 Å². The minimum atomic E-state index is -0.378. The molecule has 1 atom stereocenters. The van der Waals surface area contributed by atoms with Crippen LogP contribution in [0.3, 0.4) is 0 Å². The lowest BCUT2D eigenvalue weighted by atomic mass is 9.74. The fraction of sp³-hybridized carbons (Fsp3) is 0.933. The van der Waals surface area contributed by atoms with Crippen LogP contribution in [0.25, 0.3) is 0 Å². The second-order valence-electron chi connectivity index (χ2n) is 7.48. The van der Waals surface area contributed by atoms with Crippen LogP contribution in [0.5, 0.6) is 0 Å². The number of hydrogen-bond donors (Lipinski definition) is 0. The summed E-state index contributed by atoms with van der Waals surface area (Å²) in [4.78, 5) is 11.9. The highest BCUT2D eigenvalue weighted by molar-refractivity contribution is 5.70. The number of ether oxygens (including phenoxy) is 1. The van der Waals surface area contributed by atoms with Crippen molar-refractivity contribution in [2.24, 2.45) is 17.3 Å². The summed E-state index contributed by atoms with van der Waals surface area (Å²) in [5, 5.41) is 0. The van der Waals surface area contributed by atoms with Crippen molar-refractivity contribution in [1.29, 1.82) is 0 Å². The summed E-state index contributed by atoms with van der Waals surface area (Å²) in [6.45, 7) is 16.7. The molecule has 0 aliphatic heterocycles. The molecule has 0 bridgehead atoms. The van der Waals surface area contributed by atoms with Gasteiger partial charge in [0.15, 0.2) is 0 Å². The Labute approximate surface area is 107 Å². The third-order valence-corrected chi connectivity index (χ3v) is 2.81. The molecule has 0 rings (SSSR count). The first-order valence-corrected chi connectivity index (χ1v) is 6.63. The zero-order valence-electron chi connectivity index (χ0n) is 12.9. The summed E-state index contributed by atoms with van der Waals surface area (Å²) in [6, 6.07) is 0. The van der Waals surface area contributed by atoms with Gasteiger partial charge in [0.05, 0.1) is 0 Å². The molecule has 0 aromatic heterocycles. The van der Waals surface area contributed by atoms with Gasteiger partial charge < -0.3 is 4.74 Å². The molecule has 0 aliphatic carbocycles. The minimum Gasteiger partial charge on any atom is -0.460 e. The molecule has 0 amide bonds. The molecule has 2 nitrogen and oxygen atoms in total. The zero-order chi connectivity index (χ0) is 13.9. The molecule has 0 fully saturated rings. The van der Waals surface area contributed by atoms with Crippen LogP contribution in [-0.2, 0) is 9.53 Å². The maximum atomic E-state index is 11.9. The summed E-state index contributed by atoms with van der Waals surface area (Å²) >= 11 is 0. The SMILES string of the molecule is CC(C)CC(CC(=O)OC(C)(C)C)C(C)(C)C. The molecule has 1 unspecified atom stereocenters. The van der Waals surface area contributed by atoms with E-state index in [0.29, 0.717) is 18.3 Å². The highest BCUT2D eigenvalue weighted by Gasteiger charge is 2.29. The van der Waals surface area contributed by atoms with Gasteiger partial charge in [-0.2, -0.15) is 0 Å². The molecule has 0 radical (unpaired) electrons. The highest BCUT2D eigenvalue weighted by atomic mass is 16.6. The molecular formula is C15H30O2. The van der Waals surface area contributed by atoms with E-state index in [0.717, 1.165) is 6.42 Å². The lowest BCUT2D eigenvalue weighted by molar-refractivity contribution is -0.157. The Morgan fingerprint density at radius 2 is 1.53 bits per heavy atom. The highest BCUT2D eigenvalue weighted by Crippen LogP contribution is 2.34. The van der Waals surface area contributed by atoms with Gasteiger partial charge in [-0.15, -0.1) is 0 Å². The molecule has 17 heavy (non-hydrogen) atoms. The second-order valence-corrected chi connectivity index (χ2v) is 7.48. The van der Waals surface area contributed by atoms with Gasteiger partial charge in [0.2, 0.25) is 0 Å². The van der Waals surface area contributed by atoms with E-state index >= 15 is 0 Å². The molecular weight excluding hydrogens is 212 g/mol. The monoisotopic (exact) mass is 242 g/mol. The van der Waals surface area contributed by atoms with Gasteiger partial charge in [0.1, 0.15) is 5.60 Å². The van der Waals surface area contributed by atoms with Gasteiger partial charge in [-0.05, 0) is 44.4 Å². The molecule has 0 aromatic rings. The van der Waals surface area contributed by atoms with E-state index in [2.05, 4.69) is 34.6 Å². The van der Waals surface area contributed by atoms with E-state index in [1.54, 1.807) is 0 Å². The Balaban J connectivity index is 4.50. The van der Waals surface area contributed by atoms with Crippen molar-refractivity contribution in [2.45, 2.75) is 73.8 Å². The van der Waals surface area contributed by atoms with Crippen molar-refractivity contribution in [3.05, 3.63) is 0 Å². The number of rotatable bonds is 4. The normalized spacial score (nSPS) is 14.9. The number of hydrogen-bond acceptors (Lipinski definition) is 2. The lowest BCUT2D eigenvalue weighted by Crippen LogP contribution is -2.30. The molecule has 0 aromatic carbocycles. The quantitative estimate of drug-likeness (QED) is 0.682. The fourth-order valence-electron chi connectivity index (χ4n) is 1.90. The van der Waals surface area contributed by atoms with Gasteiger partial charge in [-0.25, -0.2) is 0 Å². The Morgan fingerprint density at radius 1 is 1.06 bits per heavy atom. The van der Waals surface area contributed by atoms with Crippen LogP contribution >= 0.6 is 0 Å². The number of esters is 1. The average Bonchev–Trinajstić information content (AvgIpc) is 1.95. The smallest absolute Gasteiger partial charge is 0.306 e. The molecule has 0 saturated carbocycles. The minimum absolute atomic E-state index is 0.0712. The third kappa shape index (κ3) is 8.23. The lowest BCUT2D eigenvalue weighted by Gasteiger charge is -2.32. The van der Waals surface area contributed by atoms with Crippen molar-refractivity contribution in [2.75, 3.05) is 0 Å². The third-order valence-electron chi connectivity index (χ3n) is 2.81. The van der Waals surface area contributed by atoms with Gasteiger partial charge in [-0.3, -0.25) is 4.79 Å². The van der Waals surface area contributed by atoms with Crippen LogP contribution in [0.4, 0.5) is 0 Å². The van der Waals surface area contributed by atoms with Crippen molar-refractivity contribution >= 4 is 5.97 Å². The molecule has 0 heterocycles. The molecule has 0 saturated heterocycles. The first kappa shape index (κ1) is 16.5. The van der Waals surface area contributed by atoms with E-state index in [9.17, 15) is 4.79 Å². The number of carbonyl (C=O) groups is 1. The topological polar surface area (TPSA) is 26.3 Å². The zero-order valence-corrected chi connectivity index (χ0v) is 12.9. The molecule has 2 heteroatoms. The Bertz CT molecular complexity index is 241. The fourth-order valence-corrected chi connectivity index (χ4v) is 1.90. The largest absolute Gasteiger partial charge is 0.460 e. The first-order chi connectivity index (χ1) is 7.42. The molecule has 0 N–H and O–H groups in total. The predicted octanol–water partition coefficient (Wildman–Crippen LogP) is 4.43. The molecule has 102 valence electrons. The van der Waals surface area contributed by atoms with Crippen LogP contribution < -0.4 is 0 Å². The molecule has 0 aliphatic rings. The predicted molar refractivity (Wildman–Crippen MR) is 72.9 cm³/mol. The Kier molecular flexibility index (Phi) is 5.70. The van der Waals surface area contributed by atoms with Crippen LogP contribution in [0, 0.1) is 17.3 Å². The van der Waals surface area contributed by atoms with E-state index < -0.39 is 0 Å². The second kappa shape index (κ2) is 5.88. The maximum Gasteiger partial charge on any atom is 0.306 e. The van der Waals surface area contributed by atoms with E-state index in [1.165, 1.54) is 0 Å². The number of carbonyl (C=O) groups excluding carboxylic acids is 1. The van der Waals surface area contributed by atoms with Crippen LogP contribution in [0.1, 0.15) is 68.2 Å². The summed E-state index contributed by atoms with van der Waals surface area (Å²) < 4.78 is 5.41. The van der Waals surface area contributed by atoms with E-state index in [4.69, 9.17) is 4.74 Å². The molecule has 0 spiro atoms. The van der Waals surface area contributed by atoms with Gasteiger partial charge in [-0.1, -0.05) is 34.6 Å². The van der Waals surface area contributed by atoms with Gasteiger partial charge in [0.25, 0.3) is 0 Å².